The standard InChI is InChI=1S/C10H16O3/c1-9(2)6-7(5-8(11)12)10(3,4)13-9/h5H,6H2,1-4H3,(H,11,12)/b7-5+. The van der Waals surface area contributed by atoms with E-state index in [2.05, 4.69) is 0 Å². The lowest BCUT2D eigenvalue weighted by Crippen LogP contribution is -2.26. The number of carbonyl (C=O) groups is 1. The molecule has 0 atom stereocenters. The fourth-order valence-electron chi connectivity index (χ4n) is 1.84. The van der Waals surface area contributed by atoms with Gasteiger partial charge in [0.25, 0.3) is 0 Å². The highest BCUT2D eigenvalue weighted by molar-refractivity contribution is 5.81. The lowest BCUT2D eigenvalue weighted by atomic mass is 9.94. The summed E-state index contributed by atoms with van der Waals surface area (Å²) in [5.41, 5.74) is 0.164. The molecule has 0 aromatic rings. The number of hydrogen-bond donors (Lipinski definition) is 1. The van der Waals surface area contributed by atoms with E-state index >= 15 is 0 Å². The Morgan fingerprint density at radius 2 is 2.00 bits per heavy atom. The molecule has 0 spiro atoms. The molecular formula is C10H16O3. The molecule has 0 aliphatic carbocycles. The van der Waals surface area contributed by atoms with Gasteiger partial charge in [-0.05, 0) is 33.3 Å². The highest BCUT2D eigenvalue weighted by atomic mass is 16.5. The molecule has 0 unspecified atom stereocenters. The Morgan fingerprint density at radius 3 is 2.31 bits per heavy atom. The first kappa shape index (κ1) is 10.3. The van der Waals surface area contributed by atoms with E-state index in [9.17, 15) is 4.79 Å². The summed E-state index contributed by atoms with van der Waals surface area (Å²) >= 11 is 0. The zero-order chi connectivity index (χ0) is 10.3. The molecule has 0 saturated carbocycles. The normalized spacial score (nSPS) is 27.8. The van der Waals surface area contributed by atoms with Crippen molar-refractivity contribution < 1.29 is 14.6 Å². The topological polar surface area (TPSA) is 46.5 Å². The Morgan fingerprint density at radius 1 is 1.46 bits per heavy atom. The highest BCUT2D eigenvalue weighted by Gasteiger charge is 2.41. The maximum absolute atomic E-state index is 10.5. The maximum atomic E-state index is 10.5. The van der Waals surface area contributed by atoms with Crippen LogP contribution in [0.15, 0.2) is 11.6 Å². The first-order chi connectivity index (χ1) is 5.73. The summed E-state index contributed by atoms with van der Waals surface area (Å²) in [5.74, 6) is -0.899. The van der Waals surface area contributed by atoms with E-state index in [1.54, 1.807) is 0 Å². The van der Waals surface area contributed by atoms with E-state index < -0.39 is 11.6 Å². The average molecular weight is 184 g/mol. The first-order valence-electron chi connectivity index (χ1n) is 4.37. The third kappa shape index (κ3) is 2.31. The van der Waals surface area contributed by atoms with Crippen LogP contribution in [0.3, 0.4) is 0 Å². The van der Waals surface area contributed by atoms with Crippen molar-refractivity contribution in [3.8, 4) is 0 Å². The van der Waals surface area contributed by atoms with Crippen molar-refractivity contribution in [1.29, 1.82) is 0 Å². The third-order valence-electron chi connectivity index (χ3n) is 2.22. The fourth-order valence-corrected chi connectivity index (χ4v) is 1.84. The van der Waals surface area contributed by atoms with Crippen LogP contribution in [0, 0.1) is 0 Å². The monoisotopic (exact) mass is 184 g/mol. The van der Waals surface area contributed by atoms with Gasteiger partial charge in [-0.3, -0.25) is 0 Å². The molecule has 13 heavy (non-hydrogen) atoms. The van der Waals surface area contributed by atoms with Crippen LogP contribution in [-0.2, 0) is 9.53 Å². The Labute approximate surface area is 78.4 Å². The second-order valence-corrected chi connectivity index (χ2v) is 4.56. The fraction of sp³-hybridized carbons (Fsp3) is 0.700. The first-order valence-corrected chi connectivity index (χ1v) is 4.37. The smallest absolute Gasteiger partial charge is 0.328 e. The average Bonchev–Trinajstić information content (AvgIpc) is 1.98. The predicted molar refractivity (Wildman–Crippen MR) is 49.6 cm³/mol. The maximum Gasteiger partial charge on any atom is 0.328 e. The van der Waals surface area contributed by atoms with Gasteiger partial charge in [-0.25, -0.2) is 4.79 Å². The molecule has 1 heterocycles. The summed E-state index contributed by atoms with van der Waals surface area (Å²) in [7, 11) is 0. The van der Waals surface area contributed by atoms with Crippen molar-refractivity contribution in [1.82, 2.24) is 0 Å². The second-order valence-electron chi connectivity index (χ2n) is 4.56. The zero-order valence-electron chi connectivity index (χ0n) is 8.55. The summed E-state index contributed by atoms with van der Waals surface area (Å²) in [4.78, 5) is 10.5. The summed E-state index contributed by atoms with van der Waals surface area (Å²) in [6.45, 7) is 7.74. The van der Waals surface area contributed by atoms with Gasteiger partial charge in [-0.1, -0.05) is 0 Å². The van der Waals surface area contributed by atoms with Crippen LogP contribution in [0.5, 0.6) is 0 Å². The van der Waals surface area contributed by atoms with E-state index in [1.807, 2.05) is 27.7 Å². The van der Waals surface area contributed by atoms with Crippen molar-refractivity contribution in [3.05, 3.63) is 11.6 Å². The number of carboxylic acid groups (broad SMARTS) is 1. The number of aliphatic carboxylic acids is 1. The van der Waals surface area contributed by atoms with Crippen LogP contribution in [0.25, 0.3) is 0 Å². The van der Waals surface area contributed by atoms with Gasteiger partial charge < -0.3 is 9.84 Å². The lowest BCUT2D eigenvalue weighted by molar-refractivity contribution is -0.131. The van der Waals surface area contributed by atoms with Gasteiger partial charge in [-0.15, -0.1) is 0 Å². The molecule has 0 radical (unpaired) electrons. The van der Waals surface area contributed by atoms with Crippen molar-refractivity contribution in [2.24, 2.45) is 0 Å². The van der Waals surface area contributed by atoms with Gasteiger partial charge in [0.2, 0.25) is 0 Å². The van der Waals surface area contributed by atoms with Gasteiger partial charge in [0.1, 0.15) is 0 Å². The molecular weight excluding hydrogens is 168 g/mol. The van der Waals surface area contributed by atoms with Crippen LogP contribution < -0.4 is 0 Å². The summed E-state index contributed by atoms with van der Waals surface area (Å²) in [6.07, 6.45) is 1.95. The zero-order valence-corrected chi connectivity index (χ0v) is 8.55. The Kier molecular flexibility index (Phi) is 2.24. The number of ether oxygens (including phenoxy) is 1. The Balaban J connectivity index is 2.95. The quantitative estimate of drug-likeness (QED) is 0.634. The molecule has 0 aromatic carbocycles. The highest BCUT2D eigenvalue weighted by Crippen LogP contribution is 2.41. The van der Waals surface area contributed by atoms with Crippen LogP contribution >= 0.6 is 0 Å². The predicted octanol–water partition coefficient (Wildman–Crippen LogP) is 1.97. The number of hydrogen-bond acceptors (Lipinski definition) is 2. The molecule has 1 fully saturated rings. The molecule has 3 nitrogen and oxygen atoms in total. The minimum absolute atomic E-state index is 0.245. The number of carboxylic acids is 1. The summed E-state index contributed by atoms with van der Waals surface area (Å²) < 4.78 is 5.72. The van der Waals surface area contributed by atoms with Crippen molar-refractivity contribution in [3.63, 3.8) is 0 Å². The molecule has 0 amide bonds. The summed E-state index contributed by atoms with van der Waals surface area (Å²) in [5, 5.41) is 8.64. The van der Waals surface area contributed by atoms with Crippen molar-refractivity contribution in [2.75, 3.05) is 0 Å². The molecule has 1 rings (SSSR count). The van der Waals surface area contributed by atoms with Gasteiger partial charge in [0, 0.05) is 12.5 Å². The van der Waals surface area contributed by atoms with Gasteiger partial charge in [0.05, 0.1) is 11.2 Å². The SMILES string of the molecule is CC1(C)C/C(=C\C(=O)O)C(C)(C)O1. The van der Waals surface area contributed by atoms with E-state index in [0.717, 1.165) is 5.57 Å². The summed E-state index contributed by atoms with van der Waals surface area (Å²) in [6, 6.07) is 0. The molecule has 0 aromatic heterocycles. The molecule has 74 valence electrons. The Bertz CT molecular complexity index is 261. The van der Waals surface area contributed by atoms with Gasteiger partial charge in [0.15, 0.2) is 0 Å². The molecule has 1 saturated heterocycles. The minimum Gasteiger partial charge on any atom is -0.478 e. The minimum atomic E-state index is -0.899. The van der Waals surface area contributed by atoms with E-state index in [-0.39, 0.29) is 5.60 Å². The second kappa shape index (κ2) is 2.84. The lowest BCUT2D eigenvalue weighted by Gasteiger charge is -2.23. The van der Waals surface area contributed by atoms with Crippen LogP contribution in [0.2, 0.25) is 0 Å². The molecule has 1 aliphatic rings. The van der Waals surface area contributed by atoms with Gasteiger partial charge in [-0.2, -0.15) is 0 Å². The molecule has 1 aliphatic heterocycles. The van der Waals surface area contributed by atoms with E-state index in [4.69, 9.17) is 9.84 Å². The molecule has 0 bridgehead atoms. The van der Waals surface area contributed by atoms with Crippen LogP contribution in [-0.4, -0.2) is 22.3 Å². The van der Waals surface area contributed by atoms with Crippen LogP contribution in [0.4, 0.5) is 0 Å². The van der Waals surface area contributed by atoms with Crippen molar-refractivity contribution >= 4 is 5.97 Å². The number of rotatable bonds is 1. The largest absolute Gasteiger partial charge is 0.478 e. The van der Waals surface area contributed by atoms with Crippen LogP contribution in [0.1, 0.15) is 34.1 Å². The van der Waals surface area contributed by atoms with Gasteiger partial charge >= 0.3 is 5.97 Å². The Hall–Kier alpha value is -0.830. The van der Waals surface area contributed by atoms with E-state index in [1.165, 1.54) is 6.08 Å². The van der Waals surface area contributed by atoms with E-state index in [0.29, 0.717) is 6.42 Å². The third-order valence-corrected chi connectivity index (χ3v) is 2.22. The molecule has 3 heteroatoms. The van der Waals surface area contributed by atoms with Crippen molar-refractivity contribution in [2.45, 2.75) is 45.3 Å². The molecule has 1 N–H and O–H groups in total.